The van der Waals surface area contributed by atoms with Gasteiger partial charge in [-0.05, 0) is 66.7 Å². The van der Waals surface area contributed by atoms with E-state index < -0.39 is 0 Å². The van der Waals surface area contributed by atoms with Gasteiger partial charge in [0, 0.05) is 5.92 Å². The zero-order chi connectivity index (χ0) is 20.8. The van der Waals surface area contributed by atoms with Crippen LogP contribution < -0.4 is 0 Å². The van der Waals surface area contributed by atoms with Gasteiger partial charge in [0.25, 0.3) is 0 Å². The van der Waals surface area contributed by atoms with Crippen molar-refractivity contribution in [3.63, 3.8) is 0 Å². The molecule has 1 aliphatic carbocycles. The van der Waals surface area contributed by atoms with E-state index in [0.717, 1.165) is 5.56 Å². The molecule has 1 unspecified atom stereocenters. The minimum Gasteiger partial charge on any atom is -0.0985 e. The molecule has 6 rings (SSSR count). The molecule has 0 radical (unpaired) electrons. The molecule has 0 bridgehead atoms. The summed E-state index contributed by atoms with van der Waals surface area (Å²) in [6.07, 6.45) is 8.67. The monoisotopic (exact) mass is 394 g/mol. The molecule has 146 valence electrons. The minimum absolute atomic E-state index is 0.264. The van der Waals surface area contributed by atoms with Crippen LogP contribution in [0, 0.1) is 0 Å². The molecule has 0 aliphatic heterocycles. The van der Waals surface area contributed by atoms with Crippen molar-refractivity contribution >= 4 is 44.0 Å². The van der Waals surface area contributed by atoms with Gasteiger partial charge in [0.1, 0.15) is 0 Å². The summed E-state index contributed by atoms with van der Waals surface area (Å²) in [4.78, 5) is 0. The molecule has 0 saturated carbocycles. The van der Waals surface area contributed by atoms with Gasteiger partial charge in [0.05, 0.1) is 0 Å². The van der Waals surface area contributed by atoms with Gasteiger partial charge in [-0.3, -0.25) is 0 Å². The van der Waals surface area contributed by atoms with E-state index >= 15 is 0 Å². The predicted octanol–water partition coefficient (Wildman–Crippen LogP) is 8.53. The molecule has 0 N–H and O–H groups in total. The van der Waals surface area contributed by atoms with Gasteiger partial charge in [0.2, 0.25) is 0 Å². The Balaban J connectivity index is 1.58. The fourth-order valence-corrected chi connectivity index (χ4v) is 4.91. The zero-order valence-corrected chi connectivity index (χ0v) is 17.3. The van der Waals surface area contributed by atoms with Crippen molar-refractivity contribution in [3.8, 4) is 0 Å². The molecule has 0 fully saturated rings. The van der Waals surface area contributed by atoms with E-state index in [-0.39, 0.29) is 5.92 Å². The maximum Gasteiger partial charge on any atom is 0.0278 e. The van der Waals surface area contributed by atoms with E-state index in [0.29, 0.717) is 0 Å². The molecule has 1 aliphatic rings. The molecule has 0 amide bonds. The lowest BCUT2D eigenvalue weighted by atomic mass is 9.85. The van der Waals surface area contributed by atoms with Crippen molar-refractivity contribution in [2.75, 3.05) is 0 Å². The molecule has 0 aromatic heterocycles. The summed E-state index contributed by atoms with van der Waals surface area (Å²) in [6.45, 7) is 3.88. The summed E-state index contributed by atoms with van der Waals surface area (Å²) in [7, 11) is 0. The number of fused-ring (bicyclic) bond motifs is 4. The van der Waals surface area contributed by atoms with Crippen molar-refractivity contribution in [2.24, 2.45) is 0 Å². The van der Waals surface area contributed by atoms with Crippen LogP contribution in [0.25, 0.3) is 44.0 Å². The SMILES string of the molecule is C=Cc1ccc(C2C=CC=C2c2cccc3ccc4cc5ccccc5cc4c23)cc1. The van der Waals surface area contributed by atoms with Gasteiger partial charge in [-0.1, -0.05) is 110 Å². The Kier molecular flexibility index (Phi) is 4.11. The largest absolute Gasteiger partial charge is 0.0985 e. The number of hydrogen-bond acceptors (Lipinski definition) is 0. The Morgan fingerprint density at radius 1 is 0.677 bits per heavy atom. The maximum atomic E-state index is 3.88. The standard InChI is InChI=1S/C31H22/c1-2-21-13-15-22(16-14-21)27-10-6-11-28(27)29-12-5-9-23-17-18-26-19-24-7-3-4-8-25(24)20-30(26)31(23)29/h2-20,27H,1H2. The lowest BCUT2D eigenvalue weighted by Gasteiger charge is -2.18. The van der Waals surface area contributed by atoms with Crippen LogP contribution in [-0.2, 0) is 0 Å². The predicted molar refractivity (Wildman–Crippen MR) is 135 cm³/mol. The van der Waals surface area contributed by atoms with E-state index in [9.17, 15) is 0 Å². The summed E-state index contributed by atoms with van der Waals surface area (Å²) in [5.74, 6) is 0.264. The van der Waals surface area contributed by atoms with E-state index in [4.69, 9.17) is 0 Å². The summed E-state index contributed by atoms with van der Waals surface area (Å²) >= 11 is 0. The van der Waals surface area contributed by atoms with Gasteiger partial charge in [0.15, 0.2) is 0 Å². The molecule has 5 aromatic rings. The average Bonchev–Trinajstić information content (AvgIpc) is 3.32. The molecule has 1 atom stereocenters. The van der Waals surface area contributed by atoms with Gasteiger partial charge < -0.3 is 0 Å². The second-order valence-corrected chi connectivity index (χ2v) is 8.25. The van der Waals surface area contributed by atoms with E-state index in [1.54, 1.807) is 0 Å². The zero-order valence-electron chi connectivity index (χ0n) is 17.3. The molecule has 0 spiro atoms. The summed E-state index contributed by atoms with van der Waals surface area (Å²) in [6, 6.07) is 33.2. The number of benzene rings is 5. The molecular formula is C31H22. The Bertz CT molecular complexity index is 1530. The third-order valence-corrected chi connectivity index (χ3v) is 6.48. The minimum atomic E-state index is 0.264. The van der Waals surface area contributed by atoms with Crippen LogP contribution in [0.3, 0.4) is 0 Å². The van der Waals surface area contributed by atoms with Gasteiger partial charge in [-0.2, -0.15) is 0 Å². The third-order valence-electron chi connectivity index (χ3n) is 6.48. The average molecular weight is 395 g/mol. The molecule has 0 nitrogen and oxygen atoms in total. The van der Waals surface area contributed by atoms with Crippen LogP contribution in [0.1, 0.15) is 22.6 Å². The maximum absolute atomic E-state index is 3.88. The smallest absolute Gasteiger partial charge is 0.0278 e. The summed E-state index contributed by atoms with van der Waals surface area (Å²) < 4.78 is 0. The first kappa shape index (κ1) is 17.9. The van der Waals surface area contributed by atoms with Gasteiger partial charge in [-0.25, -0.2) is 0 Å². The van der Waals surface area contributed by atoms with Crippen LogP contribution in [0.2, 0.25) is 0 Å². The van der Waals surface area contributed by atoms with Crippen molar-refractivity contribution in [1.29, 1.82) is 0 Å². The topological polar surface area (TPSA) is 0 Å². The van der Waals surface area contributed by atoms with E-state index in [1.807, 2.05) is 6.08 Å². The highest BCUT2D eigenvalue weighted by atomic mass is 14.2. The number of allylic oxidation sites excluding steroid dienone is 4. The van der Waals surface area contributed by atoms with Crippen molar-refractivity contribution in [3.05, 3.63) is 132 Å². The number of rotatable bonds is 3. The normalized spacial score (nSPS) is 15.6. The second kappa shape index (κ2) is 7.11. The first-order valence-corrected chi connectivity index (χ1v) is 10.8. The Morgan fingerprint density at radius 2 is 1.42 bits per heavy atom. The quantitative estimate of drug-likeness (QED) is 0.212. The molecule has 0 saturated heterocycles. The first-order chi connectivity index (χ1) is 15.3. The molecule has 31 heavy (non-hydrogen) atoms. The summed E-state index contributed by atoms with van der Waals surface area (Å²) in [5, 5.41) is 7.81. The van der Waals surface area contributed by atoms with Crippen molar-refractivity contribution < 1.29 is 0 Å². The first-order valence-electron chi connectivity index (χ1n) is 10.8. The Labute approximate surface area is 182 Å². The van der Waals surface area contributed by atoms with E-state index in [1.165, 1.54) is 49.0 Å². The van der Waals surface area contributed by atoms with Crippen LogP contribution in [0.15, 0.2) is 116 Å². The van der Waals surface area contributed by atoms with Crippen molar-refractivity contribution in [2.45, 2.75) is 5.92 Å². The van der Waals surface area contributed by atoms with Gasteiger partial charge >= 0.3 is 0 Å². The highest BCUT2D eigenvalue weighted by Gasteiger charge is 2.21. The molecule has 0 heteroatoms. The van der Waals surface area contributed by atoms with Crippen LogP contribution in [-0.4, -0.2) is 0 Å². The third kappa shape index (κ3) is 2.92. The molecule has 0 heterocycles. The fourth-order valence-electron chi connectivity index (χ4n) is 4.91. The lowest BCUT2D eigenvalue weighted by Crippen LogP contribution is -1.98. The number of hydrogen-bond donors (Lipinski definition) is 0. The Hall–Kier alpha value is -3.90. The highest BCUT2D eigenvalue weighted by Crippen LogP contribution is 2.42. The highest BCUT2D eigenvalue weighted by molar-refractivity contribution is 6.16. The van der Waals surface area contributed by atoms with Crippen molar-refractivity contribution in [1.82, 2.24) is 0 Å². The molecule has 5 aromatic carbocycles. The molecular weight excluding hydrogens is 372 g/mol. The van der Waals surface area contributed by atoms with Gasteiger partial charge in [-0.15, -0.1) is 0 Å². The lowest BCUT2D eigenvalue weighted by molar-refractivity contribution is 1.12. The van der Waals surface area contributed by atoms with Crippen LogP contribution >= 0.6 is 0 Å². The second-order valence-electron chi connectivity index (χ2n) is 8.25. The van der Waals surface area contributed by atoms with E-state index in [2.05, 4.69) is 116 Å². The Morgan fingerprint density at radius 3 is 2.23 bits per heavy atom. The summed E-state index contributed by atoms with van der Waals surface area (Å²) in [5.41, 5.74) is 5.14. The fraction of sp³-hybridized carbons (Fsp3) is 0.0323. The van der Waals surface area contributed by atoms with Crippen LogP contribution in [0.5, 0.6) is 0 Å². The van der Waals surface area contributed by atoms with Crippen LogP contribution in [0.4, 0.5) is 0 Å².